The lowest BCUT2D eigenvalue weighted by molar-refractivity contribution is -0.138. The van der Waals surface area contributed by atoms with Crippen LogP contribution in [0, 0.1) is 52.3 Å². The van der Waals surface area contributed by atoms with Crippen molar-refractivity contribution in [1.82, 2.24) is 0 Å². The Bertz CT molecular complexity index is 718. The molecule has 4 bridgehead atoms. The summed E-state index contributed by atoms with van der Waals surface area (Å²) in [5.41, 5.74) is -1.58. The largest absolute Gasteiger partial charge is 0.294 e. The van der Waals surface area contributed by atoms with E-state index in [0.29, 0.717) is 17.8 Å². The maximum atomic E-state index is 13.7. The van der Waals surface area contributed by atoms with Gasteiger partial charge in [-0.25, -0.2) is 22.0 Å². The predicted octanol–water partition coefficient (Wildman–Crippen LogP) is 5.18. The summed E-state index contributed by atoms with van der Waals surface area (Å²) in [6.07, 6.45) is 7.43. The van der Waals surface area contributed by atoms with Gasteiger partial charge in [0.25, 0.3) is 0 Å². The topological polar surface area (TPSA) is 17.1 Å². The number of rotatable bonds is 3. The van der Waals surface area contributed by atoms with Crippen LogP contribution in [0.15, 0.2) is 6.08 Å². The summed E-state index contributed by atoms with van der Waals surface area (Å²) in [4.78, 5) is 12.7. The van der Waals surface area contributed by atoms with E-state index < -0.39 is 40.1 Å². The van der Waals surface area contributed by atoms with Crippen molar-refractivity contribution in [3.8, 4) is 0 Å². The second-order valence-electron chi connectivity index (χ2n) is 7.88. The Kier molecular flexibility index (Phi) is 3.78. The molecule has 0 unspecified atom stereocenters. The SMILES string of the molecule is O=C(/C=C/c1c(F)c(F)c(F)c(F)c1F)C12CC3CC(CC(C3)C1)C2. The third-order valence-corrected chi connectivity index (χ3v) is 6.21. The summed E-state index contributed by atoms with van der Waals surface area (Å²) in [5.74, 6) is -8.73. The Morgan fingerprint density at radius 2 is 1.16 bits per heavy atom. The van der Waals surface area contributed by atoms with E-state index in [0.717, 1.165) is 50.7 Å². The molecule has 5 rings (SSSR count). The zero-order chi connectivity index (χ0) is 17.9. The molecule has 134 valence electrons. The second-order valence-corrected chi connectivity index (χ2v) is 7.88. The minimum atomic E-state index is -2.19. The molecule has 4 fully saturated rings. The van der Waals surface area contributed by atoms with E-state index in [4.69, 9.17) is 0 Å². The number of hydrogen-bond acceptors (Lipinski definition) is 1. The maximum absolute atomic E-state index is 13.7. The smallest absolute Gasteiger partial charge is 0.200 e. The molecule has 4 saturated carbocycles. The Morgan fingerprint density at radius 3 is 1.60 bits per heavy atom. The molecule has 4 aliphatic rings. The summed E-state index contributed by atoms with van der Waals surface area (Å²) in [7, 11) is 0. The fourth-order valence-electron chi connectivity index (χ4n) is 5.52. The van der Waals surface area contributed by atoms with E-state index in [1.165, 1.54) is 0 Å². The minimum Gasteiger partial charge on any atom is -0.294 e. The van der Waals surface area contributed by atoms with E-state index in [9.17, 15) is 26.7 Å². The molecule has 0 saturated heterocycles. The summed E-state index contributed by atoms with van der Waals surface area (Å²) in [5, 5.41) is 0. The first kappa shape index (κ1) is 16.7. The third kappa shape index (κ3) is 2.52. The van der Waals surface area contributed by atoms with Gasteiger partial charge in [-0.15, -0.1) is 0 Å². The lowest BCUT2D eigenvalue weighted by Gasteiger charge is -2.55. The molecule has 1 nitrogen and oxygen atoms in total. The van der Waals surface area contributed by atoms with Gasteiger partial charge in [0.2, 0.25) is 5.82 Å². The molecule has 4 aliphatic carbocycles. The molecule has 0 radical (unpaired) electrons. The molecule has 0 heterocycles. The fraction of sp³-hybridized carbons (Fsp3) is 0.526. The van der Waals surface area contributed by atoms with Gasteiger partial charge in [-0.2, -0.15) is 0 Å². The Hall–Kier alpha value is -1.72. The van der Waals surface area contributed by atoms with Crippen LogP contribution in [0.25, 0.3) is 6.08 Å². The molecule has 25 heavy (non-hydrogen) atoms. The zero-order valence-electron chi connectivity index (χ0n) is 13.4. The molecule has 1 aromatic carbocycles. The van der Waals surface area contributed by atoms with Crippen molar-refractivity contribution < 1.29 is 26.7 Å². The van der Waals surface area contributed by atoms with Crippen LogP contribution in [0.5, 0.6) is 0 Å². The quantitative estimate of drug-likeness (QED) is 0.316. The number of carbonyl (C=O) groups is 1. The van der Waals surface area contributed by atoms with Crippen LogP contribution in [-0.2, 0) is 4.79 Å². The van der Waals surface area contributed by atoms with E-state index in [1.54, 1.807) is 0 Å². The molecular weight excluding hydrogens is 339 g/mol. The van der Waals surface area contributed by atoms with Crippen LogP contribution in [-0.4, -0.2) is 5.78 Å². The van der Waals surface area contributed by atoms with E-state index in [2.05, 4.69) is 0 Å². The van der Waals surface area contributed by atoms with Gasteiger partial charge in [0.15, 0.2) is 29.1 Å². The van der Waals surface area contributed by atoms with Gasteiger partial charge in [-0.05, 0) is 68.4 Å². The average molecular weight is 356 g/mol. The van der Waals surface area contributed by atoms with Crippen molar-refractivity contribution in [2.24, 2.45) is 23.2 Å². The molecule has 0 aliphatic heterocycles. The highest BCUT2D eigenvalue weighted by Crippen LogP contribution is 2.60. The van der Waals surface area contributed by atoms with Gasteiger partial charge in [0.05, 0.1) is 5.56 Å². The third-order valence-electron chi connectivity index (χ3n) is 6.21. The number of allylic oxidation sites excluding steroid dienone is 1. The molecule has 0 aromatic heterocycles. The zero-order valence-corrected chi connectivity index (χ0v) is 13.4. The lowest BCUT2D eigenvalue weighted by atomic mass is 9.48. The van der Waals surface area contributed by atoms with Gasteiger partial charge in [-0.1, -0.05) is 0 Å². The van der Waals surface area contributed by atoms with Gasteiger partial charge in [-0.3, -0.25) is 4.79 Å². The first-order chi connectivity index (χ1) is 11.8. The first-order valence-electron chi connectivity index (χ1n) is 8.54. The van der Waals surface area contributed by atoms with E-state index in [-0.39, 0.29) is 5.78 Å². The van der Waals surface area contributed by atoms with Crippen molar-refractivity contribution in [3.63, 3.8) is 0 Å². The minimum absolute atomic E-state index is 0.254. The molecule has 0 spiro atoms. The van der Waals surface area contributed by atoms with Crippen molar-refractivity contribution in [3.05, 3.63) is 40.7 Å². The van der Waals surface area contributed by atoms with Gasteiger partial charge in [0, 0.05) is 5.41 Å². The van der Waals surface area contributed by atoms with Crippen LogP contribution < -0.4 is 0 Å². The van der Waals surface area contributed by atoms with Crippen LogP contribution in [0.2, 0.25) is 0 Å². The monoisotopic (exact) mass is 356 g/mol. The van der Waals surface area contributed by atoms with Crippen LogP contribution >= 0.6 is 0 Å². The normalized spacial score (nSPS) is 33.4. The average Bonchev–Trinajstić information content (AvgIpc) is 2.57. The molecule has 1 aromatic rings. The van der Waals surface area contributed by atoms with Crippen molar-refractivity contribution in [2.75, 3.05) is 0 Å². The Labute approximate surface area is 141 Å². The van der Waals surface area contributed by atoms with Gasteiger partial charge < -0.3 is 0 Å². The van der Waals surface area contributed by atoms with Gasteiger partial charge >= 0.3 is 0 Å². The summed E-state index contributed by atoms with van der Waals surface area (Å²) < 4.78 is 67.1. The number of hydrogen-bond donors (Lipinski definition) is 0. The highest BCUT2D eigenvalue weighted by Gasteiger charge is 2.53. The van der Waals surface area contributed by atoms with Crippen LogP contribution in [0.4, 0.5) is 22.0 Å². The van der Waals surface area contributed by atoms with E-state index >= 15 is 0 Å². The van der Waals surface area contributed by atoms with E-state index in [1.807, 2.05) is 0 Å². The van der Waals surface area contributed by atoms with Crippen molar-refractivity contribution in [2.45, 2.75) is 38.5 Å². The first-order valence-corrected chi connectivity index (χ1v) is 8.54. The number of benzene rings is 1. The number of ketones is 1. The Morgan fingerprint density at radius 1 is 0.760 bits per heavy atom. The van der Waals surface area contributed by atoms with Crippen molar-refractivity contribution >= 4 is 11.9 Å². The highest BCUT2D eigenvalue weighted by molar-refractivity contribution is 5.98. The van der Waals surface area contributed by atoms with Gasteiger partial charge in [0.1, 0.15) is 0 Å². The van der Waals surface area contributed by atoms with Crippen LogP contribution in [0.3, 0.4) is 0 Å². The summed E-state index contributed by atoms with van der Waals surface area (Å²) in [6, 6.07) is 0. The lowest BCUT2D eigenvalue weighted by Crippen LogP contribution is -2.49. The Balaban J connectivity index is 1.64. The number of carbonyl (C=O) groups excluding carboxylic acids is 1. The summed E-state index contributed by atoms with van der Waals surface area (Å²) >= 11 is 0. The summed E-state index contributed by atoms with van der Waals surface area (Å²) in [6.45, 7) is 0. The predicted molar refractivity (Wildman–Crippen MR) is 80.9 cm³/mol. The van der Waals surface area contributed by atoms with Crippen molar-refractivity contribution in [1.29, 1.82) is 0 Å². The maximum Gasteiger partial charge on any atom is 0.200 e. The fourth-order valence-corrected chi connectivity index (χ4v) is 5.52. The van der Waals surface area contributed by atoms with Crippen LogP contribution in [0.1, 0.15) is 44.1 Å². The molecule has 6 heteroatoms. The molecule has 0 amide bonds. The molecular formula is C19H17F5O. The number of halogens is 5. The highest BCUT2D eigenvalue weighted by atomic mass is 19.2. The molecule has 0 atom stereocenters. The standard InChI is InChI=1S/C19H17F5O/c20-14-12(15(21)17(23)18(24)16(14)22)1-2-13(25)19-6-9-3-10(7-19)5-11(4-9)8-19/h1-2,9-11H,3-8H2/b2-1+. The second kappa shape index (κ2) is 5.64. The molecule has 0 N–H and O–H groups in total.